The second-order valence-corrected chi connectivity index (χ2v) is 9.30. The van der Waals surface area contributed by atoms with Gasteiger partial charge in [0.25, 0.3) is 5.91 Å². The first-order valence-corrected chi connectivity index (χ1v) is 11.5. The van der Waals surface area contributed by atoms with Crippen molar-refractivity contribution in [1.29, 1.82) is 0 Å². The van der Waals surface area contributed by atoms with Crippen LogP contribution in [0, 0.1) is 0 Å². The first-order chi connectivity index (χ1) is 13.8. The molecule has 0 aromatic heterocycles. The van der Waals surface area contributed by atoms with Crippen LogP contribution in [0.4, 0.5) is 0 Å². The zero-order valence-electron chi connectivity index (χ0n) is 16.2. The molecule has 2 aromatic carbocycles. The highest BCUT2D eigenvalue weighted by Crippen LogP contribution is 2.28. The second-order valence-electron chi connectivity index (χ2n) is 7.18. The molecule has 0 radical (unpaired) electrons. The minimum atomic E-state index is -3.76. The van der Waals surface area contributed by atoms with E-state index in [1.165, 1.54) is 18.2 Å². The van der Waals surface area contributed by atoms with Crippen LogP contribution in [0.15, 0.2) is 53.4 Å². The zero-order chi connectivity index (χ0) is 20.9. The number of nitrogens with one attached hydrogen (secondary N) is 2. The van der Waals surface area contributed by atoms with Crippen LogP contribution >= 0.6 is 11.6 Å². The average molecular weight is 437 g/mol. The summed E-state index contributed by atoms with van der Waals surface area (Å²) in [4.78, 5) is 12.0. The molecule has 0 unspecified atom stereocenters. The number of ether oxygens (including phenoxy) is 1. The molecule has 0 bridgehead atoms. The van der Waals surface area contributed by atoms with E-state index in [4.69, 9.17) is 16.3 Å². The smallest absolute Gasteiger partial charge is 0.258 e. The molecule has 2 aromatic rings. The summed E-state index contributed by atoms with van der Waals surface area (Å²) in [7, 11) is -3.76. The lowest BCUT2D eigenvalue weighted by atomic mass is 10.1. The van der Waals surface area contributed by atoms with Crippen molar-refractivity contribution in [3.05, 3.63) is 59.1 Å². The van der Waals surface area contributed by atoms with E-state index >= 15 is 0 Å². The SMILES string of the molecule is C[C@@H](NS(=O)(=O)c1ccc(OCC(=O)NC2CCCC2)c(Cl)c1)c1ccccc1. The molecule has 3 rings (SSSR count). The molecule has 1 aliphatic carbocycles. The van der Waals surface area contributed by atoms with Gasteiger partial charge in [0.1, 0.15) is 5.75 Å². The van der Waals surface area contributed by atoms with Crippen molar-refractivity contribution in [2.45, 2.75) is 49.6 Å². The fourth-order valence-electron chi connectivity index (χ4n) is 3.36. The summed E-state index contributed by atoms with van der Waals surface area (Å²) in [5, 5.41) is 3.06. The topological polar surface area (TPSA) is 84.5 Å². The van der Waals surface area contributed by atoms with Crippen LogP contribution < -0.4 is 14.8 Å². The first-order valence-electron chi connectivity index (χ1n) is 9.64. The number of benzene rings is 2. The Hall–Kier alpha value is -2.09. The highest BCUT2D eigenvalue weighted by molar-refractivity contribution is 7.89. The van der Waals surface area contributed by atoms with E-state index in [1.54, 1.807) is 6.92 Å². The van der Waals surface area contributed by atoms with Crippen LogP contribution in [0.2, 0.25) is 5.02 Å². The third-order valence-electron chi connectivity index (χ3n) is 4.92. The van der Waals surface area contributed by atoms with Gasteiger partial charge >= 0.3 is 0 Å². The third-order valence-corrected chi connectivity index (χ3v) is 6.76. The van der Waals surface area contributed by atoms with Crippen LogP contribution in [0.3, 0.4) is 0 Å². The lowest BCUT2D eigenvalue weighted by molar-refractivity contribution is -0.123. The normalized spacial score (nSPS) is 15.8. The Kier molecular flexibility index (Phi) is 7.16. The molecule has 8 heteroatoms. The molecule has 29 heavy (non-hydrogen) atoms. The zero-order valence-corrected chi connectivity index (χ0v) is 17.8. The van der Waals surface area contributed by atoms with Crippen molar-refractivity contribution in [1.82, 2.24) is 10.0 Å². The minimum Gasteiger partial charge on any atom is -0.482 e. The van der Waals surface area contributed by atoms with Gasteiger partial charge in [-0.05, 0) is 43.5 Å². The third kappa shape index (κ3) is 5.95. The van der Waals surface area contributed by atoms with Crippen molar-refractivity contribution in [3.63, 3.8) is 0 Å². The molecule has 0 aliphatic heterocycles. The molecule has 0 heterocycles. The quantitative estimate of drug-likeness (QED) is 0.658. The minimum absolute atomic E-state index is 0.0352. The molecule has 0 saturated heterocycles. The van der Waals surface area contributed by atoms with E-state index in [9.17, 15) is 13.2 Å². The molecule has 1 fully saturated rings. The highest BCUT2D eigenvalue weighted by atomic mass is 35.5. The Labute approximate surface area is 176 Å². The lowest BCUT2D eigenvalue weighted by Gasteiger charge is -2.16. The fourth-order valence-corrected chi connectivity index (χ4v) is 4.92. The molecular weight excluding hydrogens is 412 g/mol. The Morgan fingerprint density at radius 3 is 2.52 bits per heavy atom. The van der Waals surface area contributed by atoms with Crippen LogP contribution in [0.1, 0.15) is 44.2 Å². The van der Waals surface area contributed by atoms with Gasteiger partial charge in [-0.25, -0.2) is 13.1 Å². The standard InChI is InChI=1S/C21H25ClN2O4S/c1-15(16-7-3-2-4-8-16)24-29(26,27)18-11-12-20(19(22)13-18)28-14-21(25)23-17-9-5-6-10-17/h2-4,7-8,11-13,15,17,24H,5-6,9-10,14H2,1H3,(H,23,25)/t15-/m1/s1. The van der Waals surface area contributed by atoms with E-state index in [0.717, 1.165) is 31.2 Å². The van der Waals surface area contributed by atoms with Gasteiger partial charge in [-0.1, -0.05) is 54.8 Å². The van der Waals surface area contributed by atoms with Crippen molar-refractivity contribution in [3.8, 4) is 5.75 Å². The lowest BCUT2D eigenvalue weighted by Crippen LogP contribution is -2.36. The number of hydrogen-bond donors (Lipinski definition) is 2. The molecule has 6 nitrogen and oxygen atoms in total. The van der Waals surface area contributed by atoms with E-state index in [-0.39, 0.29) is 34.2 Å². The monoisotopic (exact) mass is 436 g/mol. The summed E-state index contributed by atoms with van der Waals surface area (Å²) in [6.07, 6.45) is 4.25. The van der Waals surface area contributed by atoms with Crippen LogP contribution in [-0.2, 0) is 14.8 Å². The highest BCUT2D eigenvalue weighted by Gasteiger charge is 2.21. The maximum atomic E-state index is 12.7. The number of carbonyl (C=O) groups is 1. The maximum Gasteiger partial charge on any atom is 0.258 e. The Morgan fingerprint density at radius 2 is 1.86 bits per heavy atom. The summed E-state index contributed by atoms with van der Waals surface area (Å²) in [6.45, 7) is 1.61. The van der Waals surface area contributed by atoms with Gasteiger partial charge in [0.05, 0.1) is 9.92 Å². The number of halogens is 1. The Bertz CT molecular complexity index is 944. The molecule has 0 spiro atoms. The summed E-state index contributed by atoms with van der Waals surface area (Å²) in [5.41, 5.74) is 0.857. The summed E-state index contributed by atoms with van der Waals surface area (Å²) >= 11 is 6.19. The number of carbonyl (C=O) groups excluding carboxylic acids is 1. The van der Waals surface area contributed by atoms with Crippen molar-refractivity contribution in [2.24, 2.45) is 0 Å². The summed E-state index contributed by atoms with van der Waals surface area (Å²) in [5.74, 6) is 0.0614. The summed E-state index contributed by atoms with van der Waals surface area (Å²) in [6, 6.07) is 13.3. The van der Waals surface area contributed by atoms with E-state index in [0.29, 0.717) is 0 Å². The molecule has 156 valence electrons. The van der Waals surface area contributed by atoms with Crippen molar-refractivity contribution < 1.29 is 17.9 Å². The van der Waals surface area contributed by atoms with E-state index in [2.05, 4.69) is 10.0 Å². The maximum absolute atomic E-state index is 12.7. The predicted octanol–water partition coefficient (Wildman–Crippen LogP) is 3.82. The van der Waals surface area contributed by atoms with Crippen molar-refractivity contribution in [2.75, 3.05) is 6.61 Å². The molecule has 1 saturated carbocycles. The largest absolute Gasteiger partial charge is 0.482 e. The predicted molar refractivity (Wildman–Crippen MR) is 113 cm³/mol. The Balaban J connectivity index is 1.61. The first kappa shape index (κ1) is 21.6. The van der Waals surface area contributed by atoms with Crippen LogP contribution in [0.5, 0.6) is 5.75 Å². The van der Waals surface area contributed by atoms with Crippen LogP contribution in [-0.4, -0.2) is 27.0 Å². The van der Waals surface area contributed by atoms with E-state index < -0.39 is 16.1 Å². The Morgan fingerprint density at radius 1 is 1.17 bits per heavy atom. The van der Waals surface area contributed by atoms with Gasteiger partial charge in [0, 0.05) is 12.1 Å². The van der Waals surface area contributed by atoms with Gasteiger partial charge < -0.3 is 10.1 Å². The van der Waals surface area contributed by atoms with Crippen molar-refractivity contribution >= 4 is 27.5 Å². The van der Waals surface area contributed by atoms with E-state index in [1.807, 2.05) is 30.3 Å². The van der Waals surface area contributed by atoms with Gasteiger partial charge in [-0.3, -0.25) is 4.79 Å². The van der Waals surface area contributed by atoms with Gasteiger partial charge in [0.15, 0.2) is 6.61 Å². The van der Waals surface area contributed by atoms with Crippen LogP contribution in [0.25, 0.3) is 0 Å². The molecule has 2 N–H and O–H groups in total. The van der Waals surface area contributed by atoms with Gasteiger partial charge in [0.2, 0.25) is 10.0 Å². The number of amides is 1. The number of hydrogen-bond acceptors (Lipinski definition) is 4. The fraction of sp³-hybridized carbons (Fsp3) is 0.381. The molecule has 1 atom stereocenters. The average Bonchev–Trinajstić information content (AvgIpc) is 3.20. The summed E-state index contributed by atoms with van der Waals surface area (Å²) < 4.78 is 33.4. The molecule has 1 aliphatic rings. The molecule has 1 amide bonds. The number of sulfonamides is 1. The number of rotatable bonds is 8. The second kappa shape index (κ2) is 9.61. The van der Waals surface area contributed by atoms with Gasteiger partial charge in [-0.2, -0.15) is 0 Å². The van der Waals surface area contributed by atoms with Gasteiger partial charge in [-0.15, -0.1) is 0 Å². The molecular formula is C21H25ClN2O4S.